The zero-order valence-corrected chi connectivity index (χ0v) is 11.6. The average molecular weight is 244 g/mol. The molecule has 0 saturated heterocycles. The van der Waals surface area contributed by atoms with Gasteiger partial charge in [-0.3, -0.25) is 0 Å². The zero-order valence-electron chi connectivity index (χ0n) is 11.6. The summed E-state index contributed by atoms with van der Waals surface area (Å²) in [5, 5.41) is 0. The molecular weight excluding hydrogens is 220 g/mol. The summed E-state index contributed by atoms with van der Waals surface area (Å²) < 4.78 is 5.46. The number of hydrogen-bond acceptors (Lipinski definition) is 1. The summed E-state index contributed by atoms with van der Waals surface area (Å²) in [5.74, 6) is 3.86. The van der Waals surface area contributed by atoms with Gasteiger partial charge in [0.2, 0.25) is 0 Å². The van der Waals surface area contributed by atoms with E-state index in [0.29, 0.717) is 0 Å². The van der Waals surface area contributed by atoms with Crippen molar-refractivity contribution in [2.45, 2.75) is 51.4 Å². The van der Waals surface area contributed by atoms with Gasteiger partial charge in [0.05, 0.1) is 7.11 Å². The summed E-state index contributed by atoms with van der Waals surface area (Å²) in [7, 11) is 1.78. The van der Waals surface area contributed by atoms with E-state index in [1.807, 2.05) is 0 Å². The quantitative estimate of drug-likeness (QED) is 0.733. The monoisotopic (exact) mass is 244 g/mol. The Labute approximate surface area is 111 Å². The highest BCUT2D eigenvalue weighted by molar-refractivity contribution is 5.38. The molecule has 0 heterocycles. The Hall–Kier alpha value is -0.980. The fourth-order valence-corrected chi connectivity index (χ4v) is 4.09. The van der Waals surface area contributed by atoms with E-state index >= 15 is 0 Å². The van der Waals surface area contributed by atoms with E-state index in [2.05, 4.69) is 25.1 Å². The van der Waals surface area contributed by atoms with Crippen LogP contribution in [0.3, 0.4) is 0 Å². The fraction of sp³-hybridized carbons (Fsp3) is 0.647. The van der Waals surface area contributed by atoms with Gasteiger partial charge in [-0.05, 0) is 54.7 Å². The number of hydrogen-bond donors (Lipinski definition) is 0. The van der Waals surface area contributed by atoms with E-state index in [1.54, 1.807) is 7.11 Å². The van der Waals surface area contributed by atoms with Gasteiger partial charge in [0.15, 0.2) is 0 Å². The molecular formula is C17H24O. The third-order valence-electron chi connectivity index (χ3n) is 5.14. The maximum atomic E-state index is 5.46. The number of rotatable bonds is 2. The van der Waals surface area contributed by atoms with Gasteiger partial charge in [-0.1, -0.05) is 37.8 Å². The van der Waals surface area contributed by atoms with Gasteiger partial charge in [-0.15, -0.1) is 0 Å². The smallest absolute Gasteiger partial charge is 0.122 e. The van der Waals surface area contributed by atoms with Crippen LogP contribution in [-0.2, 0) is 0 Å². The summed E-state index contributed by atoms with van der Waals surface area (Å²) in [6, 6.07) is 6.81. The third-order valence-corrected chi connectivity index (χ3v) is 5.14. The molecule has 1 nitrogen and oxygen atoms in total. The molecule has 98 valence electrons. The molecule has 3 rings (SSSR count). The maximum absolute atomic E-state index is 5.46. The lowest BCUT2D eigenvalue weighted by atomic mass is 9.82. The van der Waals surface area contributed by atoms with Crippen LogP contribution in [0.4, 0.5) is 0 Å². The molecule has 0 radical (unpaired) electrons. The number of methoxy groups -OCH3 is 1. The number of ether oxygens (including phenoxy) is 1. The maximum Gasteiger partial charge on any atom is 0.122 e. The molecule has 1 aromatic carbocycles. The first-order valence-electron chi connectivity index (χ1n) is 7.42. The van der Waals surface area contributed by atoms with Gasteiger partial charge in [-0.2, -0.15) is 0 Å². The minimum Gasteiger partial charge on any atom is -0.496 e. The van der Waals surface area contributed by atoms with Gasteiger partial charge in [0, 0.05) is 0 Å². The highest BCUT2D eigenvalue weighted by Crippen LogP contribution is 2.49. The van der Waals surface area contributed by atoms with Crippen LogP contribution >= 0.6 is 0 Å². The number of aryl methyl sites for hydroxylation is 1. The highest BCUT2D eigenvalue weighted by Gasteiger charge is 2.36. The van der Waals surface area contributed by atoms with Crippen LogP contribution in [-0.4, -0.2) is 7.11 Å². The average Bonchev–Trinajstić information content (AvgIpc) is 2.83. The molecule has 2 atom stereocenters. The first-order chi connectivity index (χ1) is 8.78. The molecule has 1 heteroatoms. The van der Waals surface area contributed by atoms with Crippen molar-refractivity contribution in [2.24, 2.45) is 11.8 Å². The molecule has 0 N–H and O–H groups in total. The predicted molar refractivity (Wildman–Crippen MR) is 75.2 cm³/mol. The second-order valence-corrected chi connectivity index (χ2v) is 6.20. The molecule has 0 aromatic heterocycles. The molecule has 18 heavy (non-hydrogen) atoms. The lowest BCUT2D eigenvalue weighted by molar-refractivity contribution is 0.277. The Morgan fingerprint density at radius 3 is 2.33 bits per heavy atom. The molecule has 2 aliphatic carbocycles. The summed E-state index contributed by atoms with van der Waals surface area (Å²) >= 11 is 0. The zero-order chi connectivity index (χ0) is 12.5. The van der Waals surface area contributed by atoms with Crippen molar-refractivity contribution < 1.29 is 4.74 Å². The minimum atomic E-state index is 0.785. The normalized spacial score (nSPS) is 31.1. The van der Waals surface area contributed by atoms with Gasteiger partial charge in [0.1, 0.15) is 5.75 Å². The Morgan fingerprint density at radius 2 is 1.72 bits per heavy atom. The lowest BCUT2D eigenvalue weighted by Gasteiger charge is -2.24. The lowest BCUT2D eigenvalue weighted by Crippen LogP contribution is -2.12. The number of benzene rings is 1. The largest absolute Gasteiger partial charge is 0.496 e. The van der Waals surface area contributed by atoms with Crippen molar-refractivity contribution in [1.29, 1.82) is 0 Å². The summed E-state index contributed by atoms with van der Waals surface area (Å²) in [6.45, 7) is 2.12. The second-order valence-electron chi connectivity index (χ2n) is 6.20. The third kappa shape index (κ3) is 2.15. The topological polar surface area (TPSA) is 9.23 Å². The minimum absolute atomic E-state index is 0.785. The molecule has 0 amide bonds. The van der Waals surface area contributed by atoms with E-state index < -0.39 is 0 Å². The Balaban J connectivity index is 1.79. The molecule has 2 unspecified atom stereocenters. The van der Waals surface area contributed by atoms with E-state index in [4.69, 9.17) is 4.74 Å². The van der Waals surface area contributed by atoms with Gasteiger partial charge >= 0.3 is 0 Å². The standard InChI is InChI=1S/C17H24O/c1-12-7-8-15(11-17(12)18-2)16-9-13-5-3-4-6-14(13)10-16/h7-8,11,13-14,16H,3-6,9-10H2,1-2H3. The van der Waals surface area contributed by atoms with Crippen LogP contribution in [0.1, 0.15) is 55.6 Å². The van der Waals surface area contributed by atoms with Crippen LogP contribution in [0.15, 0.2) is 18.2 Å². The molecule has 2 fully saturated rings. The molecule has 1 aromatic rings. The van der Waals surface area contributed by atoms with Crippen LogP contribution in [0.25, 0.3) is 0 Å². The fourth-order valence-electron chi connectivity index (χ4n) is 4.09. The molecule has 0 spiro atoms. The molecule has 0 aliphatic heterocycles. The summed E-state index contributed by atoms with van der Waals surface area (Å²) in [4.78, 5) is 0. The summed E-state index contributed by atoms with van der Waals surface area (Å²) in [5.41, 5.74) is 2.75. The highest BCUT2D eigenvalue weighted by atomic mass is 16.5. The van der Waals surface area contributed by atoms with Crippen LogP contribution in [0, 0.1) is 18.8 Å². The van der Waals surface area contributed by atoms with Crippen molar-refractivity contribution in [1.82, 2.24) is 0 Å². The molecule has 2 aliphatic rings. The van der Waals surface area contributed by atoms with Crippen molar-refractivity contribution in [3.05, 3.63) is 29.3 Å². The molecule has 0 bridgehead atoms. The Morgan fingerprint density at radius 1 is 1.06 bits per heavy atom. The first-order valence-corrected chi connectivity index (χ1v) is 7.42. The van der Waals surface area contributed by atoms with Crippen molar-refractivity contribution >= 4 is 0 Å². The van der Waals surface area contributed by atoms with Crippen LogP contribution < -0.4 is 4.74 Å². The van der Waals surface area contributed by atoms with Crippen molar-refractivity contribution in [3.8, 4) is 5.75 Å². The SMILES string of the molecule is COc1cc(C2CC3CCCCC3C2)ccc1C. The molecule has 2 saturated carbocycles. The van der Waals surface area contributed by atoms with E-state index in [0.717, 1.165) is 23.5 Å². The second kappa shape index (κ2) is 4.95. The van der Waals surface area contributed by atoms with Crippen molar-refractivity contribution in [2.75, 3.05) is 7.11 Å². The predicted octanol–water partition coefficient (Wildman–Crippen LogP) is 4.69. The van der Waals surface area contributed by atoms with E-state index in [9.17, 15) is 0 Å². The summed E-state index contributed by atoms with van der Waals surface area (Å²) in [6.07, 6.45) is 8.71. The van der Waals surface area contributed by atoms with Crippen molar-refractivity contribution in [3.63, 3.8) is 0 Å². The van der Waals surface area contributed by atoms with Crippen LogP contribution in [0.2, 0.25) is 0 Å². The van der Waals surface area contributed by atoms with Gasteiger partial charge in [-0.25, -0.2) is 0 Å². The van der Waals surface area contributed by atoms with Gasteiger partial charge < -0.3 is 4.74 Å². The van der Waals surface area contributed by atoms with E-state index in [1.165, 1.54) is 49.7 Å². The van der Waals surface area contributed by atoms with Crippen LogP contribution in [0.5, 0.6) is 5.75 Å². The van der Waals surface area contributed by atoms with Gasteiger partial charge in [0.25, 0.3) is 0 Å². The first kappa shape index (κ1) is 12.1. The Kier molecular flexibility index (Phi) is 3.32. The number of fused-ring (bicyclic) bond motifs is 1. The van der Waals surface area contributed by atoms with E-state index in [-0.39, 0.29) is 0 Å². The Bertz CT molecular complexity index is 410.